The van der Waals surface area contributed by atoms with E-state index in [1.807, 2.05) is 4.90 Å². The van der Waals surface area contributed by atoms with Gasteiger partial charge in [-0.15, -0.1) is 0 Å². The number of aliphatic hydroxyl groups excluding tert-OH is 1. The first-order valence-electron chi connectivity index (χ1n) is 5.22. The van der Waals surface area contributed by atoms with Crippen molar-refractivity contribution in [3.05, 3.63) is 0 Å². The van der Waals surface area contributed by atoms with Gasteiger partial charge in [-0.2, -0.15) is 0 Å². The number of hydrogen-bond donors (Lipinski definition) is 1. The standard InChI is InChI=1S/C10H19NO3/c1-14-9(5-8-12)10(13)11-6-3-2-4-7-11/h9,12H,2-8H2,1H3/t9-/m1/s1. The van der Waals surface area contributed by atoms with Gasteiger partial charge in [-0.25, -0.2) is 0 Å². The summed E-state index contributed by atoms with van der Waals surface area (Å²) in [7, 11) is 1.52. The van der Waals surface area contributed by atoms with Crippen LogP contribution in [0.5, 0.6) is 0 Å². The quantitative estimate of drug-likeness (QED) is 0.716. The van der Waals surface area contributed by atoms with Gasteiger partial charge < -0.3 is 14.7 Å². The highest BCUT2D eigenvalue weighted by Gasteiger charge is 2.24. The second kappa shape index (κ2) is 5.98. The Morgan fingerprint density at radius 1 is 1.43 bits per heavy atom. The zero-order valence-corrected chi connectivity index (χ0v) is 8.74. The van der Waals surface area contributed by atoms with Gasteiger partial charge in [-0.05, 0) is 19.3 Å². The summed E-state index contributed by atoms with van der Waals surface area (Å²) in [5.74, 6) is 0.0289. The molecule has 0 aromatic rings. The molecule has 0 spiro atoms. The maximum atomic E-state index is 11.8. The lowest BCUT2D eigenvalue weighted by atomic mass is 10.1. The van der Waals surface area contributed by atoms with Crippen molar-refractivity contribution in [1.82, 2.24) is 4.90 Å². The van der Waals surface area contributed by atoms with E-state index in [0.29, 0.717) is 6.42 Å². The number of amides is 1. The molecular formula is C10H19NO3. The predicted octanol–water partition coefficient (Wildman–Crippen LogP) is 0.396. The molecule has 0 aromatic heterocycles. The van der Waals surface area contributed by atoms with Gasteiger partial charge in [-0.1, -0.05) is 0 Å². The monoisotopic (exact) mass is 201 g/mol. The number of piperidine rings is 1. The molecule has 1 fully saturated rings. The van der Waals surface area contributed by atoms with Crippen LogP contribution in [0.4, 0.5) is 0 Å². The number of likely N-dealkylation sites (tertiary alicyclic amines) is 1. The summed E-state index contributed by atoms with van der Waals surface area (Å²) in [5.41, 5.74) is 0. The molecule has 0 aromatic carbocycles. The van der Waals surface area contributed by atoms with E-state index in [1.54, 1.807) is 0 Å². The van der Waals surface area contributed by atoms with Crippen LogP contribution in [0.3, 0.4) is 0 Å². The molecule has 1 aliphatic heterocycles. The van der Waals surface area contributed by atoms with Gasteiger partial charge in [-0.3, -0.25) is 4.79 Å². The average Bonchev–Trinajstić information content (AvgIpc) is 2.26. The molecule has 0 aliphatic carbocycles. The van der Waals surface area contributed by atoms with Gasteiger partial charge >= 0.3 is 0 Å². The molecule has 0 unspecified atom stereocenters. The van der Waals surface area contributed by atoms with Crippen LogP contribution in [-0.2, 0) is 9.53 Å². The van der Waals surface area contributed by atoms with Gasteiger partial charge in [0, 0.05) is 33.2 Å². The van der Waals surface area contributed by atoms with E-state index in [9.17, 15) is 4.79 Å². The van der Waals surface area contributed by atoms with Crippen LogP contribution in [0.1, 0.15) is 25.7 Å². The van der Waals surface area contributed by atoms with Crippen LogP contribution in [0.2, 0.25) is 0 Å². The number of ether oxygens (including phenoxy) is 1. The zero-order chi connectivity index (χ0) is 10.4. The van der Waals surface area contributed by atoms with Crippen molar-refractivity contribution in [3.8, 4) is 0 Å². The van der Waals surface area contributed by atoms with Crippen LogP contribution in [-0.4, -0.2) is 48.8 Å². The molecule has 4 nitrogen and oxygen atoms in total. The SMILES string of the molecule is CO[C@H](CCO)C(=O)N1CCCCC1. The van der Waals surface area contributed by atoms with Crippen LogP contribution in [0.25, 0.3) is 0 Å². The Morgan fingerprint density at radius 3 is 2.57 bits per heavy atom. The molecule has 1 rings (SSSR count). The molecule has 14 heavy (non-hydrogen) atoms. The maximum Gasteiger partial charge on any atom is 0.251 e. The fourth-order valence-electron chi connectivity index (χ4n) is 1.78. The number of aliphatic hydroxyl groups is 1. The van der Waals surface area contributed by atoms with Crippen LogP contribution < -0.4 is 0 Å². The summed E-state index contributed by atoms with van der Waals surface area (Å²) in [6.45, 7) is 1.67. The Bertz CT molecular complexity index is 171. The van der Waals surface area contributed by atoms with Crippen LogP contribution in [0.15, 0.2) is 0 Å². The molecular weight excluding hydrogens is 182 g/mol. The molecule has 1 atom stereocenters. The third-order valence-electron chi connectivity index (χ3n) is 2.62. The Morgan fingerprint density at radius 2 is 2.07 bits per heavy atom. The molecule has 1 aliphatic rings. The number of methoxy groups -OCH3 is 1. The van der Waals surface area contributed by atoms with Crippen molar-refractivity contribution in [1.29, 1.82) is 0 Å². The summed E-state index contributed by atoms with van der Waals surface area (Å²) in [6, 6.07) is 0. The predicted molar refractivity (Wildman–Crippen MR) is 52.9 cm³/mol. The van der Waals surface area contributed by atoms with Crippen LogP contribution >= 0.6 is 0 Å². The summed E-state index contributed by atoms with van der Waals surface area (Å²) in [6.07, 6.45) is 3.31. The first-order chi connectivity index (χ1) is 6.79. The van der Waals surface area contributed by atoms with Crippen LogP contribution in [0, 0.1) is 0 Å². The highest BCUT2D eigenvalue weighted by Crippen LogP contribution is 2.12. The highest BCUT2D eigenvalue weighted by molar-refractivity contribution is 5.81. The average molecular weight is 201 g/mol. The summed E-state index contributed by atoms with van der Waals surface area (Å²) in [4.78, 5) is 13.6. The number of nitrogens with zero attached hydrogens (tertiary/aromatic N) is 1. The van der Waals surface area contributed by atoms with Gasteiger partial charge in [0.25, 0.3) is 5.91 Å². The summed E-state index contributed by atoms with van der Waals surface area (Å²) >= 11 is 0. The maximum absolute atomic E-state index is 11.8. The number of carbonyl (C=O) groups is 1. The smallest absolute Gasteiger partial charge is 0.251 e. The third-order valence-corrected chi connectivity index (χ3v) is 2.62. The second-order valence-corrected chi connectivity index (χ2v) is 3.62. The minimum absolute atomic E-state index is 0.00190. The van der Waals surface area contributed by atoms with E-state index in [4.69, 9.17) is 9.84 Å². The lowest BCUT2D eigenvalue weighted by molar-refractivity contribution is -0.143. The van der Waals surface area contributed by atoms with E-state index < -0.39 is 6.10 Å². The molecule has 4 heteroatoms. The number of hydrogen-bond acceptors (Lipinski definition) is 3. The van der Waals surface area contributed by atoms with Crippen molar-refractivity contribution in [2.45, 2.75) is 31.8 Å². The van der Waals surface area contributed by atoms with E-state index >= 15 is 0 Å². The molecule has 1 amide bonds. The van der Waals surface area contributed by atoms with Crippen molar-refractivity contribution >= 4 is 5.91 Å². The lowest BCUT2D eigenvalue weighted by Crippen LogP contribution is -2.43. The molecule has 0 saturated carbocycles. The zero-order valence-electron chi connectivity index (χ0n) is 8.74. The fraction of sp³-hybridized carbons (Fsp3) is 0.900. The van der Waals surface area contributed by atoms with Gasteiger partial charge in [0.15, 0.2) is 0 Å². The molecule has 0 radical (unpaired) electrons. The molecule has 0 bridgehead atoms. The van der Waals surface area contributed by atoms with Gasteiger partial charge in [0.2, 0.25) is 0 Å². The van der Waals surface area contributed by atoms with E-state index in [0.717, 1.165) is 25.9 Å². The Kier molecular flexibility index (Phi) is 4.90. The minimum Gasteiger partial charge on any atom is -0.396 e. The highest BCUT2D eigenvalue weighted by atomic mass is 16.5. The van der Waals surface area contributed by atoms with Gasteiger partial charge in [0.1, 0.15) is 6.10 Å². The van der Waals surface area contributed by atoms with E-state index in [2.05, 4.69) is 0 Å². The lowest BCUT2D eigenvalue weighted by Gasteiger charge is -2.29. The first kappa shape index (κ1) is 11.5. The number of carbonyl (C=O) groups excluding carboxylic acids is 1. The molecule has 1 saturated heterocycles. The van der Waals surface area contributed by atoms with Gasteiger partial charge in [0.05, 0.1) is 0 Å². The topological polar surface area (TPSA) is 49.8 Å². The Hall–Kier alpha value is -0.610. The van der Waals surface area contributed by atoms with E-state index in [-0.39, 0.29) is 12.5 Å². The minimum atomic E-state index is -0.460. The van der Waals surface area contributed by atoms with E-state index in [1.165, 1.54) is 13.5 Å². The molecule has 82 valence electrons. The Labute approximate surface area is 84.8 Å². The van der Waals surface area contributed by atoms with Crippen molar-refractivity contribution in [2.24, 2.45) is 0 Å². The largest absolute Gasteiger partial charge is 0.396 e. The fourth-order valence-corrected chi connectivity index (χ4v) is 1.78. The van der Waals surface area contributed by atoms with Crippen molar-refractivity contribution in [2.75, 3.05) is 26.8 Å². The number of rotatable bonds is 4. The summed E-state index contributed by atoms with van der Waals surface area (Å²) in [5, 5.41) is 8.76. The Balaban J connectivity index is 2.43. The first-order valence-corrected chi connectivity index (χ1v) is 5.22. The van der Waals surface area contributed by atoms with Crippen molar-refractivity contribution in [3.63, 3.8) is 0 Å². The van der Waals surface area contributed by atoms with Crippen molar-refractivity contribution < 1.29 is 14.6 Å². The normalized spacial score (nSPS) is 19.4. The molecule has 1 heterocycles. The second-order valence-electron chi connectivity index (χ2n) is 3.62. The molecule has 1 N–H and O–H groups in total. The third kappa shape index (κ3) is 2.96. The summed E-state index contributed by atoms with van der Waals surface area (Å²) < 4.78 is 5.05.